The second-order valence-corrected chi connectivity index (χ2v) is 4.70. The smallest absolute Gasteiger partial charge is 0.307 e. The highest BCUT2D eigenvalue weighted by Crippen LogP contribution is 2.24. The van der Waals surface area contributed by atoms with E-state index in [9.17, 15) is 4.79 Å². The van der Waals surface area contributed by atoms with Crippen LogP contribution in [0.15, 0.2) is 18.2 Å². The lowest BCUT2D eigenvalue weighted by atomic mass is 9.98. The molecule has 0 bridgehead atoms. The lowest BCUT2D eigenvalue weighted by Crippen LogP contribution is -2.16. The number of rotatable bonds is 5. The Labute approximate surface area is 102 Å². The number of hydrogen-bond acceptors (Lipinski definition) is 2. The molecule has 0 radical (unpaired) electrons. The zero-order chi connectivity index (χ0) is 13.0. The molecule has 94 valence electrons. The molecule has 0 fully saturated rings. The number of aliphatic carboxylic acids is 1. The molecular weight excluding hydrogens is 216 g/mol. The Morgan fingerprint density at radius 3 is 2.47 bits per heavy atom. The molecule has 0 saturated carbocycles. The van der Waals surface area contributed by atoms with Crippen LogP contribution < -0.4 is 4.74 Å². The summed E-state index contributed by atoms with van der Waals surface area (Å²) in [7, 11) is 0. The van der Waals surface area contributed by atoms with Gasteiger partial charge in [-0.2, -0.15) is 0 Å². The quantitative estimate of drug-likeness (QED) is 0.852. The molecule has 0 spiro atoms. The van der Waals surface area contributed by atoms with E-state index in [1.54, 1.807) is 6.92 Å². The van der Waals surface area contributed by atoms with E-state index in [-0.39, 0.29) is 12.5 Å². The van der Waals surface area contributed by atoms with Crippen molar-refractivity contribution in [1.29, 1.82) is 0 Å². The van der Waals surface area contributed by atoms with Gasteiger partial charge in [-0.25, -0.2) is 0 Å². The normalized spacial score (nSPS) is 12.5. The van der Waals surface area contributed by atoms with Gasteiger partial charge in [-0.1, -0.05) is 19.9 Å². The van der Waals surface area contributed by atoms with Crippen molar-refractivity contribution in [3.05, 3.63) is 29.3 Å². The van der Waals surface area contributed by atoms with Gasteiger partial charge in [0.15, 0.2) is 0 Å². The van der Waals surface area contributed by atoms with E-state index in [1.165, 1.54) is 11.1 Å². The van der Waals surface area contributed by atoms with Crippen LogP contribution in [0.1, 0.15) is 44.2 Å². The first kappa shape index (κ1) is 13.6. The third-order valence-electron chi connectivity index (χ3n) is 2.66. The number of carbonyl (C=O) groups is 1. The van der Waals surface area contributed by atoms with Crippen molar-refractivity contribution >= 4 is 5.97 Å². The monoisotopic (exact) mass is 236 g/mol. The number of ether oxygens (including phenoxy) is 1. The zero-order valence-electron chi connectivity index (χ0n) is 10.9. The highest BCUT2D eigenvalue weighted by atomic mass is 16.5. The predicted octanol–water partition coefficient (Wildman–Crippen LogP) is 3.36. The number of carboxylic acid groups (broad SMARTS) is 1. The Balaban J connectivity index is 2.73. The van der Waals surface area contributed by atoms with Gasteiger partial charge in [0.2, 0.25) is 0 Å². The Hall–Kier alpha value is -1.51. The highest BCUT2D eigenvalue weighted by molar-refractivity contribution is 5.67. The summed E-state index contributed by atoms with van der Waals surface area (Å²) in [5.41, 5.74) is 2.48. The number of aryl methyl sites for hydroxylation is 1. The lowest BCUT2D eigenvalue weighted by molar-refractivity contribution is -0.138. The van der Waals surface area contributed by atoms with Crippen LogP contribution in [0.3, 0.4) is 0 Å². The molecule has 0 aliphatic rings. The molecule has 3 nitrogen and oxygen atoms in total. The molecule has 0 aromatic heterocycles. The number of benzene rings is 1. The molecule has 1 aromatic carbocycles. The first-order chi connectivity index (χ1) is 7.90. The van der Waals surface area contributed by atoms with E-state index in [1.807, 2.05) is 25.1 Å². The maximum absolute atomic E-state index is 10.5. The molecule has 1 atom stereocenters. The highest BCUT2D eigenvalue weighted by Gasteiger charge is 2.10. The van der Waals surface area contributed by atoms with Crippen molar-refractivity contribution in [3.63, 3.8) is 0 Å². The average Bonchev–Trinajstić information content (AvgIpc) is 2.15. The van der Waals surface area contributed by atoms with Crippen molar-refractivity contribution in [3.8, 4) is 5.75 Å². The van der Waals surface area contributed by atoms with E-state index in [0.29, 0.717) is 5.92 Å². The molecule has 1 aromatic rings. The second kappa shape index (κ2) is 5.71. The van der Waals surface area contributed by atoms with Gasteiger partial charge < -0.3 is 9.84 Å². The van der Waals surface area contributed by atoms with Gasteiger partial charge in [-0.15, -0.1) is 0 Å². The minimum atomic E-state index is -0.840. The Morgan fingerprint density at radius 2 is 2.00 bits per heavy atom. The molecule has 0 saturated heterocycles. The van der Waals surface area contributed by atoms with Crippen LogP contribution in [0.4, 0.5) is 0 Å². The number of hydrogen-bond donors (Lipinski definition) is 1. The van der Waals surface area contributed by atoms with Crippen LogP contribution in [0.25, 0.3) is 0 Å². The van der Waals surface area contributed by atoms with Crippen LogP contribution in [-0.2, 0) is 4.79 Å². The van der Waals surface area contributed by atoms with E-state index in [4.69, 9.17) is 9.84 Å². The molecule has 1 N–H and O–H groups in total. The van der Waals surface area contributed by atoms with Crippen molar-refractivity contribution in [2.45, 2.75) is 46.1 Å². The summed E-state index contributed by atoms with van der Waals surface area (Å²) in [5.74, 6) is 0.383. The van der Waals surface area contributed by atoms with Gasteiger partial charge in [-0.3, -0.25) is 4.79 Å². The van der Waals surface area contributed by atoms with Crippen LogP contribution in [0.2, 0.25) is 0 Å². The summed E-state index contributed by atoms with van der Waals surface area (Å²) >= 11 is 0. The Bertz CT molecular complexity index is 396. The van der Waals surface area contributed by atoms with Gasteiger partial charge in [0.05, 0.1) is 6.42 Å². The van der Waals surface area contributed by atoms with Gasteiger partial charge in [0.1, 0.15) is 11.9 Å². The topological polar surface area (TPSA) is 46.5 Å². The van der Waals surface area contributed by atoms with Crippen molar-refractivity contribution in [2.75, 3.05) is 0 Å². The van der Waals surface area contributed by atoms with Crippen LogP contribution in [0, 0.1) is 6.92 Å². The standard InChI is InChI=1S/C14H20O3/c1-9(2)13-6-5-12(7-10(13)3)17-11(4)8-14(15)16/h5-7,9,11H,8H2,1-4H3,(H,15,16). The summed E-state index contributed by atoms with van der Waals surface area (Å²) in [5, 5.41) is 8.65. The Morgan fingerprint density at radius 1 is 1.35 bits per heavy atom. The summed E-state index contributed by atoms with van der Waals surface area (Å²) in [4.78, 5) is 10.5. The van der Waals surface area contributed by atoms with Gasteiger partial charge in [-0.05, 0) is 43.0 Å². The van der Waals surface area contributed by atoms with E-state index < -0.39 is 5.97 Å². The Kier molecular flexibility index (Phi) is 4.55. The summed E-state index contributed by atoms with van der Waals surface area (Å²) in [6.07, 6.45) is -0.290. The van der Waals surface area contributed by atoms with E-state index >= 15 is 0 Å². The van der Waals surface area contributed by atoms with Crippen LogP contribution in [-0.4, -0.2) is 17.2 Å². The maximum atomic E-state index is 10.5. The van der Waals surface area contributed by atoms with Crippen molar-refractivity contribution < 1.29 is 14.6 Å². The largest absolute Gasteiger partial charge is 0.490 e. The fourth-order valence-electron chi connectivity index (χ4n) is 1.89. The molecule has 0 aliphatic heterocycles. The van der Waals surface area contributed by atoms with Crippen LogP contribution >= 0.6 is 0 Å². The molecule has 1 rings (SSSR count). The minimum absolute atomic E-state index is 0.0188. The fourth-order valence-corrected chi connectivity index (χ4v) is 1.89. The maximum Gasteiger partial charge on any atom is 0.307 e. The molecule has 0 aliphatic carbocycles. The summed E-state index contributed by atoms with van der Waals surface area (Å²) < 4.78 is 5.56. The first-order valence-electron chi connectivity index (χ1n) is 5.89. The first-order valence-corrected chi connectivity index (χ1v) is 5.89. The average molecular weight is 236 g/mol. The zero-order valence-corrected chi connectivity index (χ0v) is 10.9. The molecule has 0 amide bonds. The SMILES string of the molecule is Cc1cc(OC(C)CC(=O)O)ccc1C(C)C. The van der Waals surface area contributed by atoms with E-state index in [0.717, 1.165) is 5.75 Å². The van der Waals surface area contributed by atoms with Crippen molar-refractivity contribution in [1.82, 2.24) is 0 Å². The molecule has 17 heavy (non-hydrogen) atoms. The third-order valence-corrected chi connectivity index (χ3v) is 2.66. The predicted molar refractivity (Wildman–Crippen MR) is 67.6 cm³/mol. The summed E-state index contributed by atoms with van der Waals surface area (Å²) in [6.45, 7) is 8.11. The minimum Gasteiger partial charge on any atom is -0.490 e. The number of carboxylic acids is 1. The lowest BCUT2D eigenvalue weighted by Gasteiger charge is -2.15. The third kappa shape index (κ3) is 4.10. The molecular formula is C14H20O3. The molecule has 3 heteroatoms. The van der Waals surface area contributed by atoms with Gasteiger partial charge in [0.25, 0.3) is 0 Å². The second-order valence-electron chi connectivity index (χ2n) is 4.70. The molecule has 1 unspecified atom stereocenters. The summed E-state index contributed by atoms with van der Waals surface area (Å²) in [6, 6.07) is 5.91. The van der Waals surface area contributed by atoms with Crippen molar-refractivity contribution in [2.24, 2.45) is 0 Å². The fraction of sp³-hybridized carbons (Fsp3) is 0.500. The van der Waals surface area contributed by atoms with Gasteiger partial charge in [0, 0.05) is 0 Å². The van der Waals surface area contributed by atoms with Gasteiger partial charge >= 0.3 is 5.97 Å². The van der Waals surface area contributed by atoms with Crippen LogP contribution in [0.5, 0.6) is 5.75 Å². The molecule has 0 heterocycles. The van der Waals surface area contributed by atoms with E-state index in [2.05, 4.69) is 13.8 Å².